The minimum atomic E-state index is -0.648. The number of hydrogen-bond donors (Lipinski definition) is 2. The van der Waals surface area contributed by atoms with Crippen molar-refractivity contribution in [2.24, 2.45) is 11.8 Å². The average molecular weight is 405 g/mol. The maximum absolute atomic E-state index is 11.7. The highest BCUT2D eigenvalue weighted by molar-refractivity contribution is 5.77. The first-order valence-corrected chi connectivity index (χ1v) is 10.2. The number of carboxylic acid groups (broad SMARTS) is 1. The molecule has 2 aliphatic heterocycles. The lowest BCUT2D eigenvalue weighted by molar-refractivity contribution is -0.124. The van der Waals surface area contributed by atoms with Crippen LogP contribution in [0.25, 0.3) is 0 Å². The van der Waals surface area contributed by atoms with E-state index in [0.717, 1.165) is 43.7 Å². The lowest BCUT2D eigenvalue weighted by Crippen LogP contribution is -2.40. The number of benzene rings is 2. The van der Waals surface area contributed by atoms with Crippen molar-refractivity contribution in [3.05, 3.63) is 71.8 Å². The molecule has 2 aromatic carbocycles. The topological polar surface area (TPSA) is 93.4 Å². The second-order valence-corrected chi connectivity index (χ2v) is 7.89. The maximum atomic E-state index is 11.7. The number of carbonyl (C=O) groups excluding carboxylic acids is 1. The van der Waals surface area contributed by atoms with Crippen LogP contribution in [0, 0.1) is 23.2 Å². The van der Waals surface area contributed by atoms with Gasteiger partial charge < -0.3 is 15.3 Å². The number of likely N-dealkylation sites (tertiary alicyclic amines) is 1. The van der Waals surface area contributed by atoms with E-state index in [-0.39, 0.29) is 12.4 Å². The third kappa shape index (κ3) is 4.69. The third-order valence-corrected chi connectivity index (χ3v) is 6.19. The molecule has 2 fully saturated rings. The lowest BCUT2D eigenvalue weighted by Gasteiger charge is -2.30. The van der Waals surface area contributed by atoms with Crippen LogP contribution in [-0.2, 0) is 15.0 Å². The first kappa shape index (κ1) is 21.5. The van der Waals surface area contributed by atoms with Gasteiger partial charge in [0.25, 0.3) is 6.47 Å². The average Bonchev–Trinajstić information content (AvgIpc) is 3.19. The zero-order valence-electron chi connectivity index (χ0n) is 16.9. The Morgan fingerprint density at radius 2 is 1.60 bits per heavy atom. The SMILES string of the molecule is N#CC(CCN1C[C@H]2CC(=O)NC[C@H]2C1)(c1ccccc1)c1ccccc1.O=CO. The molecule has 6 nitrogen and oxygen atoms in total. The van der Waals surface area contributed by atoms with Crippen molar-refractivity contribution in [3.8, 4) is 6.07 Å². The Hall–Kier alpha value is -3.17. The molecule has 0 spiro atoms. The third-order valence-electron chi connectivity index (χ3n) is 6.19. The Labute approximate surface area is 177 Å². The van der Waals surface area contributed by atoms with Crippen LogP contribution in [0.3, 0.4) is 0 Å². The summed E-state index contributed by atoms with van der Waals surface area (Å²) in [5.74, 6) is 1.19. The molecule has 1 amide bonds. The number of carbonyl (C=O) groups is 2. The molecule has 0 bridgehead atoms. The van der Waals surface area contributed by atoms with Crippen LogP contribution < -0.4 is 5.32 Å². The van der Waals surface area contributed by atoms with Gasteiger partial charge >= 0.3 is 0 Å². The Morgan fingerprint density at radius 1 is 1.07 bits per heavy atom. The fourth-order valence-electron chi connectivity index (χ4n) is 4.65. The zero-order valence-corrected chi connectivity index (χ0v) is 16.9. The number of rotatable bonds is 5. The van der Waals surface area contributed by atoms with E-state index in [1.807, 2.05) is 36.4 Å². The van der Waals surface area contributed by atoms with Crippen molar-refractivity contribution >= 4 is 12.4 Å². The van der Waals surface area contributed by atoms with Crippen LogP contribution in [0.4, 0.5) is 0 Å². The van der Waals surface area contributed by atoms with Crippen molar-refractivity contribution in [2.45, 2.75) is 18.3 Å². The molecule has 2 heterocycles. The summed E-state index contributed by atoms with van der Waals surface area (Å²) in [7, 11) is 0. The summed E-state index contributed by atoms with van der Waals surface area (Å²) in [6, 6.07) is 22.9. The number of hydrogen-bond acceptors (Lipinski definition) is 4. The Bertz CT molecular complexity index is 840. The molecule has 30 heavy (non-hydrogen) atoms. The van der Waals surface area contributed by atoms with Gasteiger partial charge in [-0.05, 0) is 29.4 Å². The number of piperidine rings is 1. The van der Waals surface area contributed by atoms with E-state index >= 15 is 0 Å². The summed E-state index contributed by atoms with van der Waals surface area (Å²) < 4.78 is 0. The summed E-state index contributed by atoms with van der Waals surface area (Å²) in [6.45, 7) is 3.37. The van der Waals surface area contributed by atoms with Gasteiger partial charge in [0.2, 0.25) is 5.91 Å². The van der Waals surface area contributed by atoms with Crippen LogP contribution >= 0.6 is 0 Å². The molecule has 156 valence electrons. The number of nitrogens with zero attached hydrogens (tertiary/aromatic N) is 2. The van der Waals surface area contributed by atoms with E-state index in [0.29, 0.717) is 18.3 Å². The molecule has 2 aliphatic rings. The van der Waals surface area contributed by atoms with Gasteiger partial charge in [-0.25, -0.2) is 0 Å². The number of fused-ring (bicyclic) bond motifs is 1. The van der Waals surface area contributed by atoms with Crippen molar-refractivity contribution in [2.75, 3.05) is 26.2 Å². The maximum Gasteiger partial charge on any atom is 0.290 e. The molecule has 2 saturated heterocycles. The Morgan fingerprint density at radius 3 is 2.13 bits per heavy atom. The highest BCUT2D eigenvalue weighted by Crippen LogP contribution is 2.37. The first-order valence-electron chi connectivity index (χ1n) is 10.2. The molecular formula is C24H27N3O3. The summed E-state index contributed by atoms with van der Waals surface area (Å²) >= 11 is 0. The largest absolute Gasteiger partial charge is 0.483 e. The second-order valence-electron chi connectivity index (χ2n) is 7.89. The molecule has 0 radical (unpaired) electrons. The van der Waals surface area contributed by atoms with Gasteiger partial charge in [-0.1, -0.05) is 60.7 Å². The lowest BCUT2D eigenvalue weighted by atomic mass is 9.73. The Balaban J connectivity index is 0.000000806. The van der Waals surface area contributed by atoms with E-state index in [9.17, 15) is 10.1 Å². The molecule has 6 heteroatoms. The molecule has 0 saturated carbocycles. The van der Waals surface area contributed by atoms with E-state index in [4.69, 9.17) is 9.90 Å². The molecule has 0 aromatic heterocycles. The molecule has 2 atom stereocenters. The van der Waals surface area contributed by atoms with Gasteiger partial charge in [-0.15, -0.1) is 0 Å². The minimum absolute atomic E-state index is 0.179. The Kier molecular flexibility index (Phi) is 7.21. The predicted octanol–water partition coefficient (Wildman–Crippen LogP) is 2.66. The number of nitrogens with one attached hydrogen (secondary N) is 1. The van der Waals surface area contributed by atoms with Crippen LogP contribution in [-0.4, -0.2) is 48.6 Å². The van der Waals surface area contributed by atoms with Gasteiger partial charge in [-0.2, -0.15) is 5.26 Å². The highest BCUT2D eigenvalue weighted by atomic mass is 16.3. The van der Waals surface area contributed by atoms with Crippen molar-refractivity contribution in [1.29, 1.82) is 5.26 Å². The van der Waals surface area contributed by atoms with Gasteiger partial charge in [0.15, 0.2) is 0 Å². The molecule has 2 N–H and O–H groups in total. The van der Waals surface area contributed by atoms with Crippen molar-refractivity contribution in [3.63, 3.8) is 0 Å². The first-order chi connectivity index (χ1) is 14.6. The summed E-state index contributed by atoms with van der Waals surface area (Å²) in [5.41, 5.74) is 1.45. The van der Waals surface area contributed by atoms with Gasteiger partial charge in [-0.3, -0.25) is 9.59 Å². The molecule has 0 aliphatic carbocycles. The van der Waals surface area contributed by atoms with E-state index < -0.39 is 5.41 Å². The highest BCUT2D eigenvalue weighted by Gasteiger charge is 2.39. The van der Waals surface area contributed by atoms with E-state index in [1.165, 1.54) is 0 Å². The van der Waals surface area contributed by atoms with E-state index in [1.54, 1.807) is 0 Å². The van der Waals surface area contributed by atoms with Crippen LogP contribution in [0.2, 0.25) is 0 Å². The van der Waals surface area contributed by atoms with Crippen LogP contribution in [0.5, 0.6) is 0 Å². The molecular weight excluding hydrogens is 378 g/mol. The quantitative estimate of drug-likeness (QED) is 0.746. The monoisotopic (exact) mass is 405 g/mol. The second kappa shape index (κ2) is 10.0. The standard InChI is InChI=1S/C23H25N3O.CH2O2/c24-17-23(20-7-3-1-4-8-20,21-9-5-2-6-10-21)11-12-26-15-18-13-22(27)25-14-19(18)16-26;2-1-3/h1-10,18-19H,11-16H2,(H,25,27);1H,(H,2,3)/t18-,19+;/m1./s1. The molecule has 4 rings (SSSR count). The van der Waals surface area contributed by atoms with Crippen molar-refractivity contribution < 1.29 is 14.7 Å². The fraction of sp³-hybridized carbons (Fsp3) is 0.375. The predicted molar refractivity (Wildman–Crippen MR) is 114 cm³/mol. The van der Waals surface area contributed by atoms with Gasteiger partial charge in [0.05, 0.1) is 6.07 Å². The van der Waals surface area contributed by atoms with Crippen LogP contribution in [0.1, 0.15) is 24.0 Å². The number of nitriles is 1. The molecule has 2 aromatic rings. The van der Waals surface area contributed by atoms with Gasteiger partial charge in [0, 0.05) is 32.6 Å². The summed E-state index contributed by atoms with van der Waals surface area (Å²) in [4.78, 5) is 22.5. The minimum Gasteiger partial charge on any atom is -0.483 e. The fourth-order valence-corrected chi connectivity index (χ4v) is 4.65. The van der Waals surface area contributed by atoms with E-state index in [2.05, 4.69) is 40.6 Å². The normalized spacial score (nSPS) is 20.8. The number of amides is 1. The van der Waals surface area contributed by atoms with Crippen LogP contribution in [0.15, 0.2) is 60.7 Å². The molecule has 0 unspecified atom stereocenters. The summed E-state index contributed by atoms with van der Waals surface area (Å²) in [5, 5.41) is 20.2. The zero-order chi connectivity index (χ0) is 21.4. The van der Waals surface area contributed by atoms with Crippen molar-refractivity contribution in [1.82, 2.24) is 10.2 Å². The van der Waals surface area contributed by atoms with Gasteiger partial charge in [0.1, 0.15) is 5.41 Å². The summed E-state index contributed by atoms with van der Waals surface area (Å²) in [6.07, 6.45) is 1.39. The smallest absolute Gasteiger partial charge is 0.290 e.